The molecule has 1 fully saturated rings. The Morgan fingerprint density at radius 1 is 1.32 bits per heavy atom. The Kier molecular flexibility index (Phi) is 7.15. The molecule has 1 aliphatic rings. The molecule has 0 spiro atoms. The quantitative estimate of drug-likeness (QED) is 0.588. The van der Waals surface area contributed by atoms with Crippen LogP contribution >= 0.6 is 0 Å². The lowest BCUT2D eigenvalue weighted by Crippen LogP contribution is -2.38. The SMILES string of the molecule is C=CCOCC(O)CN1CCCN(c2nccc(C(F)(F)F)n2)CC1. The number of aliphatic hydroxyl groups is 1. The predicted octanol–water partition coefficient (Wildman–Crippen LogP) is 1.57. The fourth-order valence-corrected chi connectivity index (χ4v) is 2.65. The number of hydrogen-bond acceptors (Lipinski definition) is 6. The highest BCUT2D eigenvalue weighted by Crippen LogP contribution is 2.28. The molecule has 1 saturated heterocycles. The topological polar surface area (TPSA) is 61.7 Å². The van der Waals surface area contributed by atoms with Gasteiger partial charge in [0.25, 0.3) is 0 Å². The van der Waals surface area contributed by atoms with Gasteiger partial charge in [-0.2, -0.15) is 13.2 Å². The molecule has 1 N–H and O–H groups in total. The summed E-state index contributed by atoms with van der Waals surface area (Å²) < 4.78 is 43.6. The number of hydrogen-bond donors (Lipinski definition) is 1. The van der Waals surface area contributed by atoms with Gasteiger partial charge in [-0.05, 0) is 19.0 Å². The van der Waals surface area contributed by atoms with E-state index in [0.717, 1.165) is 25.2 Å². The fraction of sp³-hybridized carbons (Fsp3) is 0.625. The van der Waals surface area contributed by atoms with Gasteiger partial charge in [0.05, 0.1) is 19.3 Å². The van der Waals surface area contributed by atoms with Gasteiger partial charge in [0, 0.05) is 32.4 Å². The van der Waals surface area contributed by atoms with E-state index in [1.807, 2.05) is 0 Å². The first-order valence-corrected chi connectivity index (χ1v) is 8.14. The summed E-state index contributed by atoms with van der Waals surface area (Å²) in [4.78, 5) is 11.4. The maximum atomic E-state index is 12.8. The number of aromatic nitrogens is 2. The van der Waals surface area contributed by atoms with E-state index in [0.29, 0.717) is 32.8 Å². The number of anilines is 1. The second-order valence-corrected chi connectivity index (χ2v) is 5.86. The van der Waals surface area contributed by atoms with E-state index in [-0.39, 0.29) is 12.6 Å². The van der Waals surface area contributed by atoms with Crippen molar-refractivity contribution in [2.75, 3.05) is 50.8 Å². The number of β-amino-alcohol motifs (C(OH)–C–C–N with tert-alkyl or cyclic N) is 1. The lowest BCUT2D eigenvalue weighted by molar-refractivity contribution is -0.141. The zero-order valence-electron chi connectivity index (χ0n) is 14.0. The lowest BCUT2D eigenvalue weighted by atomic mass is 10.3. The highest BCUT2D eigenvalue weighted by Gasteiger charge is 2.33. The van der Waals surface area contributed by atoms with Crippen LogP contribution in [0.25, 0.3) is 0 Å². The molecule has 1 aromatic heterocycles. The van der Waals surface area contributed by atoms with Crippen molar-refractivity contribution in [2.45, 2.75) is 18.7 Å². The third-order valence-electron chi connectivity index (χ3n) is 3.82. The van der Waals surface area contributed by atoms with Crippen LogP contribution in [0.3, 0.4) is 0 Å². The lowest BCUT2D eigenvalue weighted by Gasteiger charge is -2.24. The van der Waals surface area contributed by atoms with E-state index in [1.165, 1.54) is 0 Å². The van der Waals surface area contributed by atoms with Crippen LogP contribution in [0.2, 0.25) is 0 Å². The van der Waals surface area contributed by atoms with Gasteiger partial charge >= 0.3 is 6.18 Å². The van der Waals surface area contributed by atoms with Gasteiger partial charge in [-0.15, -0.1) is 6.58 Å². The molecular weight excluding hydrogens is 337 g/mol. The van der Waals surface area contributed by atoms with E-state index in [4.69, 9.17) is 4.74 Å². The van der Waals surface area contributed by atoms with Crippen LogP contribution in [0, 0.1) is 0 Å². The standard InChI is InChI=1S/C16H23F3N4O2/c1-2-10-25-12-13(24)11-22-6-3-7-23(9-8-22)15-20-5-4-14(21-15)16(17,18)19/h2,4-5,13,24H,1,3,6-12H2. The molecule has 1 unspecified atom stereocenters. The molecule has 1 aromatic rings. The van der Waals surface area contributed by atoms with Gasteiger partial charge in [0.1, 0.15) is 5.69 Å². The molecular formula is C16H23F3N4O2. The summed E-state index contributed by atoms with van der Waals surface area (Å²) in [5.74, 6) is 0.0894. The summed E-state index contributed by atoms with van der Waals surface area (Å²) in [6.07, 6.45) is -1.60. The third kappa shape index (κ3) is 6.26. The molecule has 0 aliphatic carbocycles. The van der Waals surface area contributed by atoms with Crippen molar-refractivity contribution in [3.63, 3.8) is 0 Å². The fourth-order valence-electron chi connectivity index (χ4n) is 2.65. The minimum atomic E-state index is -4.48. The molecule has 0 saturated carbocycles. The maximum Gasteiger partial charge on any atom is 0.433 e. The number of nitrogens with zero attached hydrogens (tertiary/aromatic N) is 4. The molecule has 140 valence electrons. The summed E-state index contributed by atoms with van der Waals surface area (Å²) in [7, 11) is 0. The predicted molar refractivity (Wildman–Crippen MR) is 87.3 cm³/mol. The van der Waals surface area contributed by atoms with Crippen LogP contribution in [0.4, 0.5) is 19.1 Å². The molecule has 0 radical (unpaired) electrons. The van der Waals surface area contributed by atoms with Crippen LogP contribution in [-0.2, 0) is 10.9 Å². The first kappa shape index (κ1) is 19.6. The van der Waals surface area contributed by atoms with Crippen LogP contribution in [-0.4, -0.2) is 72.0 Å². The normalized spacial score (nSPS) is 18.0. The number of aliphatic hydroxyl groups excluding tert-OH is 1. The largest absolute Gasteiger partial charge is 0.433 e. The molecule has 2 heterocycles. The minimum Gasteiger partial charge on any atom is -0.389 e. The Morgan fingerprint density at radius 3 is 2.84 bits per heavy atom. The van der Waals surface area contributed by atoms with Crippen molar-refractivity contribution in [3.8, 4) is 0 Å². The van der Waals surface area contributed by atoms with Gasteiger partial charge in [0.15, 0.2) is 0 Å². The molecule has 0 bridgehead atoms. The van der Waals surface area contributed by atoms with E-state index >= 15 is 0 Å². The van der Waals surface area contributed by atoms with Crippen LogP contribution in [0.5, 0.6) is 0 Å². The summed E-state index contributed by atoms with van der Waals surface area (Å²) >= 11 is 0. The zero-order valence-corrected chi connectivity index (χ0v) is 14.0. The number of alkyl halides is 3. The first-order valence-electron chi connectivity index (χ1n) is 8.14. The zero-order chi connectivity index (χ0) is 18.3. The van der Waals surface area contributed by atoms with Crippen molar-refractivity contribution >= 4 is 5.95 Å². The van der Waals surface area contributed by atoms with Crippen LogP contribution in [0.15, 0.2) is 24.9 Å². The molecule has 6 nitrogen and oxygen atoms in total. The summed E-state index contributed by atoms with van der Waals surface area (Å²) in [5.41, 5.74) is -0.937. The highest BCUT2D eigenvalue weighted by atomic mass is 19.4. The summed E-state index contributed by atoms with van der Waals surface area (Å²) in [6.45, 7) is 7.03. The molecule has 1 atom stereocenters. The van der Waals surface area contributed by atoms with Crippen LogP contribution in [0.1, 0.15) is 12.1 Å². The third-order valence-corrected chi connectivity index (χ3v) is 3.82. The molecule has 2 rings (SSSR count). The van der Waals surface area contributed by atoms with Crippen molar-refractivity contribution in [1.29, 1.82) is 0 Å². The van der Waals surface area contributed by atoms with Crippen molar-refractivity contribution in [2.24, 2.45) is 0 Å². The maximum absolute atomic E-state index is 12.8. The molecule has 25 heavy (non-hydrogen) atoms. The Bertz CT molecular complexity index is 556. The average molecular weight is 360 g/mol. The van der Waals surface area contributed by atoms with Crippen molar-refractivity contribution in [3.05, 3.63) is 30.6 Å². The van der Waals surface area contributed by atoms with Crippen molar-refractivity contribution in [1.82, 2.24) is 14.9 Å². The average Bonchev–Trinajstić information content (AvgIpc) is 2.80. The summed E-state index contributed by atoms with van der Waals surface area (Å²) in [6, 6.07) is 0.868. The van der Waals surface area contributed by atoms with Gasteiger partial charge in [-0.25, -0.2) is 9.97 Å². The molecule has 0 amide bonds. The highest BCUT2D eigenvalue weighted by molar-refractivity contribution is 5.31. The van der Waals surface area contributed by atoms with Gasteiger partial charge in [-0.1, -0.05) is 6.08 Å². The second kappa shape index (κ2) is 9.12. The first-order chi connectivity index (χ1) is 11.9. The van der Waals surface area contributed by atoms with Crippen molar-refractivity contribution < 1.29 is 23.0 Å². The molecule has 9 heteroatoms. The van der Waals surface area contributed by atoms with Gasteiger partial charge < -0.3 is 14.7 Å². The molecule has 1 aliphatic heterocycles. The monoisotopic (exact) mass is 360 g/mol. The van der Waals surface area contributed by atoms with E-state index < -0.39 is 18.0 Å². The Labute approximate surface area is 144 Å². The Morgan fingerprint density at radius 2 is 2.12 bits per heavy atom. The van der Waals surface area contributed by atoms with Gasteiger partial charge in [-0.3, -0.25) is 4.90 Å². The van der Waals surface area contributed by atoms with E-state index in [2.05, 4.69) is 21.4 Å². The van der Waals surface area contributed by atoms with E-state index in [1.54, 1.807) is 11.0 Å². The second-order valence-electron chi connectivity index (χ2n) is 5.86. The van der Waals surface area contributed by atoms with E-state index in [9.17, 15) is 18.3 Å². The number of ether oxygens (including phenoxy) is 1. The Balaban J connectivity index is 1.90. The smallest absolute Gasteiger partial charge is 0.389 e. The van der Waals surface area contributed by atoms with Gasteiger partial charge in [0.2, 0.25) is 5.95 Å². The number of halogens is 3. The summed E-state index contributed by atoms with van der Waals surface area (Å²) in [5, 5.41) is 9.96. The van der Waals surface area contributed by atoms with Crippen LogP contribution < -0.4 is 4.90 Å². The molecule has 0 aromatic carbocycles. The number of rotatable bonds is 7. The Hall–Kier alpha value is -1.71. The minimum absolute atomic E-state index is 0.0894.